The van der Waals surface area contributed by atoms with Gasteiger partial charge in [0, 0.05) is 0 Å². The van der Waals surface area contributed by atoms with Gasteiger partial charge in [-0.25, -0.2) is 0 Å². The average Bonchev–Trinajstić information content (AvgIpc) is 2.42. The van der Waals surface area contributed by atoms with Crippen LogP contribution < -0.4 is 5.73 Å². The van der Waals surface area contributed by atoms with Crippen molar-refractivity contribution in [3.05, 3.63) is 83.4 Å². The highest BCUT2D eigenvalue weighted by Crippen LogP contribution is 2.26. The van der Waals surface area contributed by atoms with Crippen LogP contribution in [0, 0.1) is 6.92 Å². The molecule has 0 aliphatic heterocycles. The van der Waals surface area contributed by atoms with Gasteiger partial charge in [-0.1, -0.05) is 54.6 Å². The van der Waals surface area contributed by atoms with Crippen molar-refractivity contribution in [2.75, 3.05) is 0 Å². The maximum atomic E-state index is 6.28. The van der Waals surface area contributed by atoms with Crippen LogP contribution in [0.25, 0.3) is 0 Å². The second kappa shape index (κ2) is 6.74. The number of benzene rings is 2. The summed E-state index contributed by atoms with van der Waals surface area (Å²) in [5, 5.41) is 0. The Bertz CT molecular complexity index is 573. The van der Waals surface area contributed by atoms with Crippen LogP contribution in [0.4, 0.5) is 0 Å². The third-order valence-electron chi connectivity index (χ3n) is 3.69. The average molecular weight is 288 g/mol. The van der Waals surface area contributed by atoms with Crippen molar-refractivity contribution < 1.29 is 0 Å². The number of hydrogen-bond acceptors (Lipinski definition) is 1. The minimum absolute atomic E-state index is 0. The third kappa shape index (κ3) is 3.50. The molecule has 0 bridgehead atoms. The zero-order valence-corrected chi connectivity index (χ0v) is 12.9. The summed E-state index contributed by atoms with van der Waals surface area (Å²) in [4.78, 5) is 0. The summed E-state index contributed by atoms with van der Waals surface area (Å²) in [5.74, 6) is 0. The maximum absolute atomic E-state index is 6.28. The highest BCUT2D eigenvalue weighted by Gasteiger charge is 2.19. The van der Waals surface area contributed by atoms with E-state index in [1.165, 1.54) is 16.7 Å². The largest absolute Gasteiger partial charge is 0.318 e. The Morgan fingerprint density at radius 1 is 1.10 bits per heavy atom. The lowest BCUT2D eigenvalue weighted by Gasteiger charge is -2.24. The van der Waals surface area contributed by atoms with E-state index in [4.69, 9.17) is 5.73 Å². The summed E-state index contributed by atoms with van der Waals surface area (Å²) < 4.78 is 0. The molecular weight excluding hydrogens is 266 g/mol. The Balaban J connectivity index is 0.00000200. The first kappa shape index (κ1) is 16.5. The van der Waals surface area contributed by atoms with Crippen molar-refractivity contribution >= 4 is 12.4 Å². The van der Waals surface area contributed by atoms with Crippen LogP contribution in [0.1, 0.15) is 29.2 Å². The molecule has 0 aliphatic rings. The number of rotatable bonds is 4. The lowest BCUT2D eigenvalue weighted by atomic mass is 9.86. The lowest BCUT2D eigenvalue weighted by Crippen LogP contribution is -2.31. The first-order valence-corrected chi connectivity index (χ1v) is 6.60. The van der Waals surface area contributed by atoms with Crippen LogP contribution in [0.15, 0.2) is 61.2 Å². The summed E-state index contributed by atoms with van der Waals surface area (Å²) in [6.45, 7) is 7.97. The van der Waals surface area contributed by atoms with E-state index in [0.717, 1.165) is 12.0 Å². The standard InChI is InChI=1S/C18H21N.ClH/c1-4-18(3,19)17-12-8-11-16(14(17)2)13-15-9-6-5-7-10-15;/h4-12H,1,13,19H2,2-3H3;1H. The van der Waals surface area contributed by atoms with Gasteiger partial charge in [0.1, 0.15) is 0 Å². The highest BCUT2D eigenvalue weighted by molar-refractivity contribution is 5.85. The molecule has 0 saturated carbocycles. The van der Waals surface area contributed by atoms with Crippen molar-refractivity contribution in [2.24, 2.45) is 5.73 Å². The molecule has 2 N–H and O–H groups in total. The fourth-order valence-corrected chi connectivity index (χ4v) is 2.38. The Morgan fingerprint density at radius 2 is 1.75 bits per heavy atom. The number of halogens is 1. The van der Waals surface area contributed by atoms with Gasteiger partial charge in [0.05, 0.1) is 5.54 Å². The van der Waals surface area contributed by atoms with E-state index in [0.29, 0.717) is 0 Å². The van der Waals surface area contributed by atoms with Gasteiger partial charge >= 0.3 is 0 Å². The molecule has 2 aromatic carbocycles. The quantitative estimate of drug-likeness (QED) is 0.831. The molecule has 0 fully saturated rings. The van der Waals surface area contributed by atoms with Gasteiger partial charge in [-0.2, -0.15) is 0 Å². The van der Waals surface area contributed by atoms with E-state index >= 15 is 0 Å². The molecule has 0 aromatic heterocycles. The van der Waals surface area contributed by atoms with Crippen molar-refractivity contribution in [3.8, 4) is 0 Å². The summed E-state index contributed by atoms with van der Waals surface area (Å²) in [6.07, 6.45) is 2.75. The minimum atomic E-state index is -0.475. The Kier molecular flexibility index (Phi) is 5.55. The van der Waals surface area contributed by atoms with Crippen molar-refractivity contribution in [2.45, 2.75) is 25.8 Å². The lowest BCUT2D eigenvalue weighted by molar-refractivity contribution is 0.626. The summed E-state index contributed by atoms with van der Waals surface area (Å²) >= 11 is 0. The van der Waals surface area contributed by atoms with E-state index in [9.17, 15) is 0 Å². The van der Waals surface area contributed by atoms with Crippen LogP contribution >= 0.6 is 12.4 Å². The zero-order valence-electron chi connectivity index (χ0n) is 12.1. The smallest absolute Gasteiger partial charge is 0.0566 e. The SMILES string of the molecule is C=CC(C)(N)c1cccc(Cc2ccccc2)c1C.Cl. The molecule has 1 atom stereocenters. The topological polar surface area (TPSA) is 26.0 Å². The van der Waals surface area contributed by atoms with E-state index in [2.05, 4.69) is 56.0 Å². The van der Waals surface area contributed by atoms with Gasteiger partial charge in [0.15, 0.2) is 0 Å². The molecule has 106 valence electrons. The zero-order chi connectivity index (χ0) is 13.9. The molecule has 2 rings (SSSR count). The van der Waals surface area contributed by atoms with Crippen LogP contribution in [0.3, 0.4) is 0 Å². The molecule has 0 heterocycles. The Morgan fingerprint density at radius 3 is 2.35 bits per heavy atom. The summed E-state index contributed by atoms with van der Waals surface area (Å²) in [5.41, 5.74) is 10.9. The molecule has 2 aromatic rings. The summed E-state index contributed by atoms with van der Waals surface area (Å²) in [7, 11) is 0. The molecule has 2 heteroatoms. The fraction of sp³-hybridized carbons (Fsp3) is 0.222. The highest BCUT2D eigenvalue weighted by atomic mass is 35.5. The molecule has 1 nitrogen and oxygen atoms in total. The number of nitrogens with two attached hydrogens (primary N) is 1. The third-order valence-corrected chi connectivity index (χ3v) is 3.69. The van der Waals surface area contributed by atoms with Crippen molar-refractivity contribution in [3.63, 3.8) is 0 Å². The van der Waals surface area contributed by atoms with E-state index in [1.807, 2.05) is 19.1 Å². The van der Waals surface area contributed by atoms with Crippen molar-refractivity contribution in [1.82, 2.24) is 0 Å². The normalized spacial score (nSPS) is 13.2. The predicted octanol–water partition coefficient (Wildman–Crippen LogP) is 4.37. The molecule has 0 saturated heterocycles. The van der Waals surface area contributed by atoms with Crippen LogP contribution in [-0.4, -0.2) is 0 Å². The first-order valence-electron chi connectivity index (χ1n) is 6.60. The van der Waals surface area contributed by atoms with Gasteiger partial charge in [-0.15, -0.1) is 19.0 Å². The predicted molar refractivity (Wildman–Crippen MR) is 89.4 cm³/mol. The van der Waals surface area contributed by atoms with Gasteiger partial charge in [0.25, 0.3) is 0 Å². The Hall–Kier alpha value is -1.57. The van der Waals surface area contributed by atoms with Gasteiger partial charge in [0.2, 0.25) is 0 Å². The van der Waals surface area contributed by atoms with Crippen LogP contribution in [-0.2, 0) is 12.0 Å². The van der Waals surface area contributed by atoms with Gasteiger partial charge in [-0.3, -0.25) is 0 Å². The second-order valence-electron chi connectivity index (χ2n) is 5.24. The van der Waals surface area contributed by atoms with E-state index in [1.54, 1.807) is 0 Å². The molecule has 0 spiro atoms. The maximum Gasteiger partial charge on any atom is 0.0566 e. The molecule has 1 unspecified atom stereocenters. The Labute approximate surface area is 127 Å². The van der Waals surface area contributed by atoms with Gasteiger partial charge < -0.3 is 5.73 Å². The monoisotopic (exact) mass is 287 g/mol. The van der Waals surface area contributed by atoms with Crippen LogP contribution in [0.2, 0.25) is 0 Å². The van der Waals surface area contributed by atoms with E-state index in [-0.39, 0.29) is 12.4 Å². The van der Waals surface area contributed by atoms with Crippen LogP contribution in [0.5, 0.6) is 0 Å². The molecule has 0 amide bonds. The molecular formula is C18H22ClN. The van der Waals surface area contributed by atoms with Crippen molar-refractivity contribution in [1.29, 1.82) is 0 Å². The molecule has 0 radical (unpaired) electrons. The summed E-state index contributed by atoms with van der Waals surface area (Å²) in [6, 6.07) is 16.8. The van der Waals surface area contributed by atoms with Gasteiger partial charge in [-0.05, 0) is 42.5 Å². The second-order valence-corrected chi connectivity index (χ2v) is 5.24. The molecule has 20 heavy (non-hydrogen) atoms. The minimum Gasteiger partial charge on any atom is -0.318 e. The first-order chi connectivity index (χ1) is 9.04. The molecule has 0 aliphatic carbocycles. The number of hydrogen-bond donors (Lipinski definition) is 1. The van der Waals surface area contributed by atoms with E-state index < -0.39 is 5.54 Å². The fourth-order valence-electron chi connectivity index (χ4n) is 2.38.